The van der Waals surface area contributed by atoms with E-state index < -0.39 is 5.97 Å². The van der Waals surface area contributed by atoms with E-state index in [0.717, 1.165) is 5.56 Å². The van der Waals surface area contributed by atoms with Gasteiger partial charge in [0.2, 0.25) is 5.91 Å². The van der Waals surface area contributed by atoms with Crippen molar-refractivity contribution in [2.24, 2.45) is 0 Å². The van der Waals surface area contributed by atoms with E-state index >= 15 is 0 Å². The van der Waals surface area contributed by atoms with Crippen molar-refractivity contribution < 1.29 is 19.4 Å². The summed E-state index contributed by atoms with van der Waals surface area (Å²) in [5.41, 5.74) is 1.62. The average molecular weight is 265 g/mol. The molecule has 2 N–H and O–H groups in total. The Morgan fingerprint density at radius 3 is 2.68 bits per heavy atom. The fourth-order valence-electron chi connectivity index (χ4n) is 1.45. The molecule has 0 saturated carbocycles. The Morgan fingerprint density at radius 1 is 1.32 bits per heavy atom. The molecule has 0 heterocycles. The lowest BCUT2D eigenvalue weighted by molar-refractivity contribution is -0.138. The van der Waals surface area contributed by atoms with Crippen molar-refractivity contribution >= 4 is 17.6 Å². The van der Waals surface area contributed by atoms with Crippen molar-refractivity contribution in [1.82, 2.24) is 0 Å². The first kappa shape index (κ1) is 15.2. The fourth-order valence-corrected chi connectivity index (χ4v) is 1.45. The van der Waals surface area contributed by atoms with Crippen LogP contribution in [-0.4, -0.2) is 23.1 Å². The summed E-state index contributed by atoms with van der Waals surface area (Å²) in [4.78, 5) is 21.9. The highest BCUT2D eigenvalue weighted by molar-refractivity contribution is 5.92. The zero-order chi connectivity index (χ0) is 14.3. The number of hydrogen-bond acceptors (Lipinski definition) is 3. The van der Waals surface area contributed by atoms with Crippen LogP contribution in [0.1, 0.15) is 32.3 Å². The molecule has 0 aliphatic carbocycles. The molecule has 0 aromatic heterocycles. The summed E-state index contributed by atoms with van der Waals surface area (Å²) in [6, 6.07) is 7.32. The second kappa shape index (κ2) is 7.53. The highest BCUT2D eigenvalue weighted by Crippen LogP contribution is 2.13. The molecule has 0 spiro atoms. The van der Waals surface area contributed by atoms with E-state index in [0.29, 0.717) is 12.3 Å². The van der Waals surface area contributed by atoms with Crippen LogP contribution >= 0.6 is 0 Å². The number of rotatable bonds is 7. The van der Waals surface area contributed by atoms with Crippen LogP contribution in [0.15, 0.2) is 24.3 Å². The second-order valence-electron chi connectivity index (χ2n) is 4.50. The SMILES string of the molecule is CC(C)OCc1cccc(NC(=O)CCC(=O)O)c1. The molecule has 5 heteroatoms. The number of anilines is 1. The highest BCUT2D eigenvalue weighted by atomic mass is 16.5. The maximum atomic E-state index is 11.5. The number of carboxylic acids is 1. The van der Waals surface area contributed by atoms with Gasteiger partial charge in [0.25, 0.3) is 0 Å². The quantitative estimate of drug-likeness (QED) is 0.793. The highest BCUT2D eigenvalue weighted by Gasteiger charge is 2.06. The standard InChI is InChI=1S/C14H19NO4/c1-10(2)19-9-11-4-3-5-12(8-11)15-13(16)6-7-14(17)18/h3-5,8,10H,6-7,9H2,1-2H3,(H,15,16)(H,17,18). The molecule has 0 saturated heterocycles. The first-order valence-corrected chi connectivity index (χ1v) is 6.19. The van der Waals surface area contributed by atoms with Crippen molar-refractivity contribution in [3.63, 3.8) is 0 Å². The Balaban J connectivity index is 2.51. The molecule has 19 heavy (non-hydrogen) atoms. The molecule has 0 unspecified atom stereocenters. The predicted molar refractivity (Wildman–Crippen MR) is 71.9 cm³/mol. The first-order chi connectivity index (χ1) is 8.97. The largest absolute Gasteiger partial charge is 0.481 e. The van der Waals surface area contributed by atoms with Gasteiger partial charge >= 0.3 is 5.97 Å². The van der Waals surface area contributed by atoms with E-state index in [9.17, 15) is 9.59 Å². The molecule has 1 amide bonds. The first-order valence-electron chi connectivity index (χ1n) is 6.19. The monoisotopic (exact) mass is 265 g/mol. The van der Waals surface area contributed by atoms with Crippen LogP contribution in [0.3, 0.4) is 0 Å². The van der Waals surface area contributed by atoms with Crippen molar-refractivity contribution in [1.29, 1.82) is 0 Å². The van der Waals surface area contributed by atoms with Gasteiger partial charge in [-0.15, -0.1) is 0 Å². The molecule has 0 aliphatic rings. The molecule has 0 atom stereocenters. The molecular weight excluding hydrogens is 246 g/mol. The Bertz CT molecular complexity index is 443. The van der Waals surface area contributed by atoms with E-state index in [1.54, 1.807) is 6.07 Å². The van der Waals surface area contributed by atoms with Gasteiger partial charge in [-0.3, -0.25) is 9.59 Å². The Morgan fingerprint density at radius 2 is 2.05 bits per heavy atom. The summed E-state index contributed by atoms with van der Waals surface area (Å²) in [5, 5.41) is 11.2. The van der Waals surface area contributed by atoms with Gasteiger partial charge in [0.05, 0.1) is 19.1 Å². The van der Waals surface area contributed by atoms with Crippen molar-refractivity contribution in [3.8, 4) is 0 Å². The lowest BCUT2D eigenvalue weighted by Crippen LogP contribution is -2.13. The van der Waals surface area contributed by atoms with Crippen molar-refractivity contribution in [2.75, 3.05) is 5.32 Å². The Labute approximate surface area is 112 Å². The van der Waals surface area contributed by atoms with Crippen LogP contribution in [0.4, 0.5) is 5.69 Å². The lowest BCUT2D eigenvalue weighted by Gasteiger charge is -2.09. The number of carbonyl (C=O) groups is 2. The van der Waals surface area contributed by atoms with Gasteiger partial charge in [0.1, 0.15) is 0 Å². The van der Waals surface area contributed by atoms with Gasteiger partial charge in [0.15, 0.2) is 0 Å². The van der Waals surface area contributed by atoms with Gasteiger partial charge in [0, 0.05) is 12.1 Å². The maximum absolute atomic E-state index is 11.5. The second-order valence-corrected chi connectivity index (χ2v) is 4.50. The number of nitrogens with one attached hydrogen (secondary N) is 1. The normalized spacial score (nSPS) is 10.5. The van der Waals surface area contributed by atoms with E-state index in [1.165, 1.54) is 0 Å². The van der Waals surface area contributed by atoms with Crippen LogP contribution in [0.25, 0.3) is 0 Å². The number of ether oxygens (including phenoxy) is 1. The fraction of sp³-hybridized carbons (Fsp3) is 0.429. The van der Waals surface area contributed by atoms with Crippen LogP contribution in [0.2, 0.25) is 0 Å². The van der Waals surface area contributed by atoms with Crippen LogP contribution in [0, 0.1) is 0 Å². The van der Waals surface area contributed by atoms with E-state index in [-0.39, 0.29) is 24.9 Å². The minimum atomic E-state index is -0.978. The van der Waals surface area contributed by atoms with Gasteiger partial charge in [-0.05, 0) is 31.5 Å². The minimum absolute atomic E-state index is 0.0257. The summed E-state index contributed by atoms with van der Waals surface area (Å²) >= 11 is 0. The minimum Gasteiger partial charge on any atom is -0.481 e. The van der Waals surface area contributed by atoms with Crippen molar-refractivity contribution in [3.05, 3.63) is 29.8 Å². The Hall–Kier alpha value is -1.88. The predicted octanol–water partition coefficient (Wildman–Crippen LogP) is 2.41. The molecule has 104 valence electrons. The molecule has 0 radical (unpaired) electrons. The third kappa shape index (κ3) is 6.57. The van der Waals surface area contributed by atoms with Crippen LogP contribution in [-0.2, 0) is 20.9 Å². The van der Waals surface area contributed by atoms with Gasteiger partial charge < -0.3 is 15.2 Å². The van der Waals surface area contributed by atoms with Gasteiger partial charge in [-0.2, -0.15) is 0 Å². The Kier molecular flexibility index (Phi) is 6.02. The number of benzene rings is 1. The molecule has 1 rings (SSSR count). The third-order valence-electron chi connectivity index (χ3n) is 2.36. The number of carbonyl (C=O) groups excluding carboxylic acids is 1. The summed E-state index contributed by atoms with van der Waals surface area (Å²) in [6.45, 7) is 4.39. The molecule has 1 aromatic carbocycles. The lowest BCUT2D eigenvalue weighted by atomic mass is 10.2. The summed E-state index contributed by atoms with van der Waals surface area (Å²) in [6.07, 6.45) is -0.0434. The maximum Gasteiger partial charge on any atom is 0.303 e. The topological polar surface area (TPSA) is 75.6 Å². The van der Waals surface area contributed by atoms with Crippen molar-refractivity contribution in [2.45, 2.75) is 39.4 Å². The smallest absolute Gasteiger partial charge is 0.303 e. The van der Waals surface area contributed by atoms with E-state index in [2.05, 4.69) is 5.32 Å². The van der Waals surface area contributed by atoms with Gasteiger partial charge in [-0.1, -0.05) is 12.1 Å². The van der Waals surface area contributed by atoms with E-state index in [4.69, 9.17) is 9.84 Å². The third-order valence-corrected chi connectivity index (χ3v) is 2.36. The molecule has 1 aromatic rings. The summed E-state index contributed by atoms with van der Waals surface area (Å²) in [5.74, 6) is -1.28. The van der Waals surface area contributed by atoms with Crippen LogP contribution in [0.5, 0.6) is 0 Å². The average Bonchev–Trinajstić information content (AvgIpc) is 2.34. The summed E-state index contributed by atoms with van der Waals surface area (Å²) < 4.78 is 5.48. The molecule has 0 bridgehead atoms. The molecule has 0 aliphatic heterocycles. The van der Waals surface area contributed by atoms with Gasteiger partial charge in [-0.25, -0.2) is 0 Å². The zero-order valence-corrected chi connectivity index (χ0v) is 11.2. The molecule has 0 fully saturated rings. The zero-order valence-electron chi connectivity index (χ0n) is 11.2. The number of carboxylic acid groups (broad SMARTS) is 1. The molecular formula is C14H19NO4. The molecule has 5 nitrogen and oxygen atoms in total. The number of amides is 1. The van der Waals surface area contributed by atoms with E-state index in [1.807, 2.05) is 32.0 Å². The number of hydrogen-bond donors (Lipinski definition) is 2. The summed E-state index contributed by atoms with van der Waals surface area (Å²) in [7, 11) is 0. The number of aliphatic carboxylic acids is 1. The van der Waals surface area contributed by atoms with Crippen LogP contribution < -0.4 is 5.32 Å².